The van der Waals surface area contributed by atoms with Crippen molar-refractivity contribution in [2.45, 2.75) is 26.8 Å². The molecule has 0 aliphatic carbocycles. The summed E-state index contributed by atoms with van der Waals surface area (Å²) in [7, 11) is 0. The Balaban J connectivity index is 2.60. The molecule has 0 bridgehead atoms. The monoisotopic (exact) mass is 221 g/mol. The van der Waals surface area contributed by atoms with Crippen LogP contribution in [0.1, 0.15) is 31.2 Å². The first kappa shape index (κ1) is 11.1. The maximum absolute atomic E-state index is 13.0. The summed E-state index contributed by atoms with van der Waals surface area (Å²) < 4.78 is 18.7. The van der Waals surface area contributed by atoms with Gasteiger partial charge in [0.05, 0.1) is 6.04 Å². The van der Waals surface area contributed by atoms with E-state index in [0.29, 0.717) is 11.5 Å². The van der Waals surface area contributed by atoms with Crippen LogP contribution in [0.25, 0.3) is 11.0 Å². The number of hydrogen-bond acceptors (Lipinski definition) is 2. The molecule has 1 aromatic carbocycles. The van der Waals surface area contributed by atoms with Gasteiger partial charge in [0, 0.05) is 11.5 Å². The van der Waals surface area contributed by atoms with E-state index in [4.69, 9.17) is 10.2 Å². The van der Waals surface area contributed by atoms with Gasteiger partial charge in [-0.3, -0.25) is 0 Å². The summed E-state index contributed by atoms with van der Waals surface area (Å²) in [6.45, 7) is 6.04. The van der Waals surface area contributed by atoms with Gasteiger partial charge in [0.25, 0.3) is 0 Å². The third-order valence-corrected chi connectivity index (χ3v) is 2.96. The van der Waals surface area contributed by atoms with Gasteiger partial charge in [-0.15, -0.1) is 0 Å². The maximum atomic E-state index is 13.0. The molecule has 0 amide bonds. The highest BCUT2D eigenvalue weighted by atomic mass is 19.1. The van der Waals surface area contributed by atoms with E-state index in [1.807, 2.05) is 20.8 Å². The zero-order valence-corrected chi connectivity index (χ0v) is 9.75. The lowest BCUT2D eigenvalue weighted by atomic mass is 9.99. The number of aryl methyl sites for hydroxylation is 1. The lowest BCUT2D eigenvalue weighted by Crippen LogP contribution is -2.16. The molecule has 2 N–H and O–H groups in total. The molecule has 0 radical (unpaired) electrons. The zero-order chi connectivity index (χ0) is 11.9. The van der Waals surface area contributed by atoms with Gasteiger partial charge in [0.2, 0.25) is 0 Å². The van der Waals surface area contributed by atoms with E-state index < -0.39 is 0 Å². The zero-order valence-electron chi connectivity index (χ0n) is 9.75. The smallest absolute Gasteiger partial charge is 0.137 e. The van der Waals surface area contributed by atoms with Gasteiger partial charge in [-0.05, 0) is 30.5 Å². The fraction of sp³-hybridized carbons (Fsp3) is 0.385. The maximum Gasteiger partial charge on any atom is 0.137 e. The van der Waals surface area contributed by atoms with Crippen molar-refractivity contribution in [2.75, 3.05) is 0 Å². The fourth-order valence-corrected chi connectivity index (χ4v) is 1.84. The highest BCUT2D eigenvalue weighted by molar-refractivity contribution is 5.82. The van der Waals surface area contributed by atoms with Crippen molar-refractivity contribution in [3.63, 3.8) is 0 Å². The molecule has 2 nitrogen and oxygen atoms in total. The van der Waals surface area contributed by atoms with Gasteiger partial charge >= 0.3 is 0 Å². The van der Waals surface area contributed by atoms with Crippen LogP contribution in [-0.4, -0.2) is 0 Å². The Bertz CT molecular complexity index is 516. The molecule has 86 valence electrons. The van der Waals surface area contributed by atoms with E-state index in [0.717, 1.165) is 16.7 Å². The van der Waals surface area contributed by atoms with Crippen LogP contribution in [0.2, 0.25) is 0 Å². The molecule has 1 aromatic heterocycles. The van der Waals surface area contributed by atoms with Crippen LogP contribution in [0.3, 0.4) is 0 Å². The average molecular weight is 221 g/mol. The summed E-state index contributed by atoms with van der Waals surface area (Å²) in [4.78, 5) is 0. The molecule has 0 aliphatic rings. The third-order valence-electron chi connectivity index (χ3n) is 2.96. The van der Waals surface area contributed by atoms with Gasteiger partial charge < -0.3 is 10.2 Å². The first-order valence-corrected chi connectivity index (χ1v) is 5.45. The topological polar surface area (TPSA) is 39.2 Å². The molecule has 2 aromatic rings. The van der Waals surface area contributed by atoms with Crippen LogP contribution >= 0.6 is 0 Å². The van der Waals surface area contributed by atoms with Crippen LogP contribution in [0.4, 0.5) is 4.39 Å². The predicted molar refractivity (Wildman–Crippen MR) is 62.7 cm³/mol. The summed E-state index contributed by atoms with van der Waals surface area (Å²) in [5.41, 5.74) is 7.64. The van der Waals surface area contributed by atoms with Crippen molar-refractivity contribution in [1.82, 2.24) is 0 Å². The van der Waals surface area contributed by atoms with Crippen LogP contribution in [0.15, 0.2) is 22.6 Å². The fourth-order valence-electron chi connectivity index (χ4n) is 1.84. The molecule has 1 heterocycles. The van der Waals surface area contributed by atoms with Crippen molar-refractivity contribution < 1.29 is 8.81 Å². The molecule has 16 heavy (non-hydrogen) atoms. The van der Waals surface area contributed by atoms with E-state index in [-0.39, 0.29) is 11.9 Å². The van der Waals surface area contributed by atoms with Gasteiger partial charge in [-0.2, -0.15) is 0 Å². The molecule has 0 spiro atoms. The Hall–Kier alpha value is -1.35. The molecular formula is C13H16FNO. The quantitative estimate of drug-likeness (QED) is 0.842. The van der Waals surface area contributed by atoms with Gasteiger partial charge in [0.1, 0.15) is 17.2 Å². The van der Waals surface area contributed by atoms with Gasteiger partial charge in [0.15, 0.2) is 0 Å². The number of fused-ring (bicyclic) bond motifs is 1. The molecule has 0 saturated carbocycles. The van der Waals surface area contributed by atoms with Crippen molar-refractivity contribution in [3.05, 3.63) is 35.3 Å². The van der Waals surface area contributed by atoms with Gasteiger partial charge in [-0.25, -0.2) is 4.39 Å². The second-order valence-electron chi connectivity index (χ2n) is 4.50. The predicted octanol–water partition coefficient (Wildman–Crippen LogP) is 3.54. The molecule has 1 atom stereocenters. The second kappa shape index (κ2) is 3.91. The Morgan fingerprint density at radius 1 is 1.31 bits per heavy atom. The summed E-state index contributed by atoms with van der Waals surface area (Å²) in [5.74, 6) is 0.769. The number of nitrogens with two attached hydrogens (primary N) is 1. The number of furan rings is 1. The molecule has 0 unspecified atom stereocenters. The number of hydrogen-bond donors (Lipinski definition) is 1. The van der Waals surface area contributed by atoms with Crippen molar-refractivity contribution in [3.8, 4) is 0 Å². The summed E-state index contributed by atoms with van der Waals surface area (Å²) in [6, 6.07) is 4.43. The van der Waals surface area contributed by atoms with E-state index >= 15 is 0 Å². The summed E-state index contributed by atoms with van der Waals surface area (Å²) in [5, 5.41) is 0.938. The highest BCUT2D eigenvalue weighted by Gasteiger charge is 2.19. The molecule has 0 fully saturated rings. The summed E-state index contributed by atoms with van der Waals surface area (Å²) in [6.07, 6.45) is 0. The van der Waals surface area contributed by atoms with Crippen LogP contribution in [-0.2, 0) is 0 Å². The molecule has 2 rings (SSSR count). The largest absolute Gasteiger partial charge is 0.459 e. The minimum atomic E-state index is -0.286. The van der Waals surface area contributed by atoms with Gasteiger partial charge in [-0.1, -0.05) is 13.8 Å². The highest BCUT2D eigenvalue weighted by Crippen LogP contribution is 2.31. The van der Waals surface area contributed by atoms with E-state index in [1.54, 1.807) is 6.07 Å². The minimum Gasteiger partial charge on any atom is -0.459 e. The molecule has 0 aliphatic heterocycles. The van der Waals surface area contributed by atoms with Crippen LogP contribution in [0, 0.1) is 18.7 Å². The Labute approximate surface area is 94.2 Å². The Kier molecular flexibility index (Phi) is 2.72. The normalized spacial score (nSPS) is 13.6. The number of halogens is 1. The standard InChI is InChI=1S/C13H16FNO/c1-7(2)12(15)13-8(3)10-5-4-9(14)6-11(10)16-13/h4-7,12H,15H2,1-3H3/t12-/m0/s1. The average Bonchev–Trinajstić information content (AvgIpc) is 2.54. The van der Waals surface area contributed by atoms with Crippen molar-refractivity contribution in [2.24, 2.45) is 11.7 Å². The second-order valence-corrected chi connectivity index (χ2v) is 4.50. The van der Waals surface area contributed by atoms with Crippen LogP contribution in [0.5, 0.6) is 0 Å². The molecular weight excluding hydrogens is 205 g/mol. The van der Waals surface area contributed by atoms with E-state index in [1.165, 1.54) is 12.1 Å². The van der Waals surface area contributed by atoms with E-state index in [2.05, 4.69) is 0 Å². The Morgan fingerprint density at radius 2 is 2.00 bits per heavy atom. The summed E-state index contributed by atoms with van der Waals surface area (Å²) >= 11 is 0. The van der Waals surface area contributed by atoms with E-state index in [9.17, 15) is 4.39 Å². The Morgan fingerprint density at radius 3 is 2.62 bits per heavy atom. The van der Waals surface area contributed by atoms with Crippen molar-refractivity contribution in [1.29, 1.82) is 0 Å². The lowest BCUT2D eigenvalue weighted by Gasteiger charge is -2.13. The molecule has 0 saturated heterocycles. The number of rotatable bonds is 2. The first-order valence-electron chi connectivity index (χ1n) is 5.45. The lowest BCUT2D eigenvalue weighted by molar-refractivity contribution is 0.415. The van der Waals surface area contributed by atoms with Crippen molar-refractivity contribution >= 4 is 11.0 Å². The van der Waals surface area contributed by atoms with Crippen LogP contribution < -0.4 is 5.73 Å². The minimum absolute atomic E-state index is 0.143. The third kappa shape index (κ3) is 1.71. The SMILES string of the molecule is Cc1c([C@@H](N)C(C)C)oc2cc(F)ccc12. The molecule has 3 heteroatoms. The first-order chi connectivity index (χ1) is 7.50. The number of benzene rings is 1.